The van der Waals surface area contributed by atoms with E-state index in [0.29, 0.717) is 27.0 Å². The van der Waals surface area contributed by atoms with Crippen LogP contribution in [0.4, 0.5) is 5.69 Å². The van der Waals surface area contributed by atoms with Gasteiger partial charge in [-0.25, -0.2) is 0 Å². The third-order valence-corrected chi connectivity index (χ3v) is 4.18. The molecule has 2 aromatic rings. The van der Waals surface area contributed by atoms with E-state index in [4.69, 9.17) is 17.3 Å². The van der Waals surface area contributed by atoms with Crippen molar-refractivity contribution in [3.8, 4) is 11.8 Å². The summed E-state index contributed by atoms with van der Waals surface area (Å²) in [7, 11) is 0. The molecule has 0 unspecified atom stereocenters. The van der Waals surface area contributed by atoms with Gasteiger partial charge in [0.05, 0.1) is 22.7 Å². The van der Waals surface area contributed by atoms with Crippen molar-refractivity contribution in [2.45, 2.75) is 13.5 Å². The Morgan fingerprint density at radius 3 is 2.95 bits per heavy atom. The number of hydrogen-bond donors (Lipinski definition) is 2. The second kappa shape index (κ2) is 7.27. The van der Waals surface area contributed by atoms with Gasteiger partial charge in [-0.1, -0.05) is 23.4 Å². The van der Waals surface area contributed by atoms with Crippen LogP contribution in [0, 0.1) is 11.8 Å². The summed E-state index contributed by atoms with van der Waals surface area (Å²) in [5, 5.41) is 2.74. The minimum atomic E-state index is -0.297. The number of nitrogens with two attached hydrogens (primary N) is 1. The number of anilines is 1. The lowest BCUT2D eigenvalue weighted by molar-refractivity contribution is 0.103. The largest absolute Gasteiger partial charge is 0.320 e. The number of amides is 1. The molecule has 2 rings (SSSR count). The van der Waals surface area contributed by atoms with Gasteiger partial charge in [0.2, 0.25) is 0 Å². The van der Waals surface area contributed by atoms with E-state index in [2.05, 4.69) is 17.2 Å². The Bertz CT molecular complexity index is 814. The van der Waals surface area contributed by atoms with Gasteiger partial charge in [0.15, 0.2) is 0 Å². The number of carbonyl (C=O) groups is 1. The first-order valence-corrected chi connectivity index (χ1v) is 7.74. The normalized spacial score (nSPS) is 9.95. The van der Waals surface area contributed by atoms with Crippen molar-refractivity contribution >= 4 is 34.5 Å². The Labute approximate surface area is 136 Å². The third kappa shape index (κ3) is 3.77. The fourth-order valence-corrected chi connectivity index (χ4v) is 2.84. The highest BCUT2D eigenvalue weighted by Gasteiger charge is 2.13. The Morgan fingerprint density at radius 2 is 2.27 bits per heavy atom. The molecule has 0 bridgehead atoms. The van der Waals surface area contributed by atoms with Crippen LogP contribution >= 0.6 is 22.9 Å². The Morgan fingerprint density at radius 1 is 1.50 bits per heavy atom. The first-order chi connectivity index (χ1) is 10.5. The Hall–Kier alpha value is -2.07. The molecule has 3 N–H and O–H groups in total. The van der Waals surface area contributed by atoms with Crippen LogP contribution < -0.4 is 16.6 Å². The number of rotatable bonds is 3. The van der Waals surface area contributed by atoms with Gasteiger partial charge in [-0.3, -0.25) is 9.59 Å². The van der Waals surface area contributed by atoms with E-state index < -0.39 is 0 Å². The summed E-state index contributed by atoms with van der Waals surface area (Å²) >= 11 is 7.19. The van der Waals surface area contributed by atoms with Gasteiger partial charge in [0.25, 0.3) is 11.5 Å². The molecule has 0 aliphatic heterocycles. The van der Waals surface area contributed by atoms with Crippen molar-refractivity contribution in [3.05, 3.63) is 49.5 Å². The Balaban J connectivity index is 2.21. The van der Waals surface area contributed by atoms with Gasteiger partial charge in [-0.15, -0.1) is 11.3 Å². The van der Waals surface area contributed by atoms with Crippen LogP contribution in [0.5, 0.6) is 0 Å². The van der Waals surface area contributed by atoms with Gasteiger partial charge in [-0.2, -0.15) is 0 Å². The van der Waals surface area contributed by atoms with E-state index in [1.807, 2.05) is 6.92 Å². The monoisotopic (exact) mass is 335 g/mol. The summed E-state index contributed by atoms with van der Waals surface area (Å²) in [6.45, 7) is 2.62. The number of nitrogens with zero attached hydrogens (tertiary/aromatic N) is 1. The molecule has 0 aliphatic rings. The summed E-state index contributed by atoms with van der Waals surface area (Å²) in [6, 6.07) is 4.61. The molecule has 0 saturated heterocycles. The van der Waals surface area contributed by atoms with Gasteiger partial charge in [0.1, 0.15) is 4.34 Å². The van der Waals surface area contributed by atoms with Gasteiger partial charge >= 0.3 is 0 Å². The lowest BCUT2D eigenvalue weighted by Gasteiger charge is -2.06. The summed E-state index contributed by atoms with van der Waals surface area (Å²) in [6.07, 6.45) is 1.60. The van der Waals surface area contributed by atoms with Crippen molar-refractivity contribution in [3.63, 3.8) is 0 Å². The van der Waals surface area contributed by atoms with Crippen LogP contribution in [-0.2, 0) is 6.54 Å². The number of carbonyl (C=O) groups excluding carboxylic acids is 1. The Kier molecular flexibility index (Phi) is 5.39. The summed E-state index contributed by atoms with van der Waals surface area (Å²) in [4.78, 5) is 24.2. The van der Waals surface area contributed by atoms with Crippen LogP contribution in [0.3, 0.4) is 0 Å². The molecule has 0 fully saturated rings. The van der Waals surface area contributed by atoms with Gasteiger partial charge < -0.3 is 15.6 Å². The zero-order valence-electron chi connectivity index (χ0n) is 11.9. The van der Waals surface area contributed by atoms with Crippen LogP contribution in [0.1, 0.15) is 22.2 Å². The van der Waals surface area contributed by atoms with Gasteiger partial charge in [-0.05, 0) is 19.1 Å². The SMILES string of the molecule is CCn1cc(NC(=O)c2cc(C#CCN)c(Cl)s2)ccc1=O. The molecular formula is C15H14ClN3O2S. The van der Waals surface area contributed by atoms with Crippen LogP contribution in [-0.4, -0.2) is 17.0 Å². The standard InChI is InChI=1S/C15H14ClN3O2S/c1-2-19-9-11(5-6-13(19)20)18-15(21)12-8-10(4-3-7-17)14(16)22-12/h5-6,8-9H,2,7,17H2,1H3,(H,18,21). The molecular weight excluding hydrogens is 322 g/mol. The maximum absolute atomic E-state index is 12.2. The predicted molar refractivity (Wildman–Crippen MR) is 89.6 cm³/mol. The average Bonchev–Trinajstić information content (AvgIpc) is 2.88. The number of pyridine rings is 1. The maximum atomic E-state index is 12.2. The maximum Gasteiger partial charge on any atom is 0.265 e. The molecule has 0 spiro atoms. The highest BCUT2D eigenvalue weighted by Crippen LogP contribution is 2.27. The molecule has 5 nitrogen and oxygen atoms in total. The molecule has 0 saturated carbocycles. The smallest absolute Gasteiger partial charge is 0.265 e. The van der Waals surface area contributed by atoms with Crippen molar-refractivity contribution < 1.29 is 4.79 Å². The summed E-state index contributed by atoms with van der Waals surface area (Å²) in [5.74, 6) is 5.22. The number of nitrogens with one attached hydrogen (secondary N) is 1. The lowest BCUT2D eigenvalue weighted by Crippen LogP contribution is -2.19. The number of aryl methyl sites for hydroxylation is 1. The second-order valence-corrected chi connectivity index (χ2v) is 5.95. The van der Waals surface area contributed by atoms with Crippen molar-refractivity contribution in [1.29, 1.82) is 0 Å². The number of aromatic nitrogens is 1. The van der Waals surface area contributed by atoms with E-state index in [9.17, 15) is 9.59 Å². The first-order valence-electron chi connectivity index (χ1n) is 6.55. The molecule has 0 aliphatic carbocycles. The van der Waals surface area contributed by atoms with E-state index in [1.54, 1.807) is 18.3 Å². The topological polar surface area (TPSA) is 77.1 Å². The van der Waals surface area contributed by atoms with E-state index in [1.165, 1.54) is 10.6 Å². The van der Waals surface area contributed by atoms with Gasteiger partial charge in [0, 0.05) is 18.8 Å². The predicted octanol–water partition coefficient (Wildman–Crippen LogP) is 2.15. The molecule has 0 atom stereocenters. The quantitative estimate of drug-likeness (QED) is 0.844. The lowest BCUT2D eigenvalue weighted by atomic mass is 10.3. The molecule has 2 aromatic heterocycles. The van der Waals surface area contributed by atoms with Crippen LogP contribution in [0.15, 0.2) is 29.2 Å². The number of hydrogen-bond acceptors (Lipinski definition) is 4. The molecule has 22 heavy (non-hydrogen) atoms. The van der Waals surface area contributed by atoms with Crippen molar-refractivity contribution in [2.75, 3.05) is 11.9 Å². The highest BCUT2D eigenvalue weighted by atomic mass is 35.5. The number of thiophene rings is 1. The van der Waals surface area contributed by atoms with E-state index in [0.717, 1.165) is 11.3 Å². The van der Waals surface area contributed by atoms with Crippen molar-refractivity contribution in [2.24, 2.45) is 5.73 Å². The third-order valence-electron chi connectivity index (χ3n) is 2.82. The zero-order chi connectivity index (χ0) is 16.1. The molecule has 0 aromatic carbocycles. The summed E-state index contributed by atoms with van der Waals surface area (Å²) < 4.78 is 1.96. The minimum absolute atomic E-state index is 0.112. The molecule has 1 amide bonds. The van der Waals surface area contributed by atoms with Crippen LogP contribution in [0.25, 0.3) is 0 Å². The fraction of sp³-hybridized carbons (Fsp3) is 0.200. The fourth-order valence-electron chi connectivity index (χ4n) is 1.76. The zero-order valence-corrected chi connectivity index (χ0v) is 13.4. The minimum Gasteiger partial charge on any atom is -0.320 e. The van der Waals surface area contributed by atoms with E-state index in [-0.39, 0.29) is 18.0 Å². The van der Waals surface area contributed by atoms with Crippen molar-refractivity contribution in [1.82, 2.24) is 4.57 Å². The molecule has 7 heteroatoms. The number of halogens is 1. The average molecular weight is 336 g/mol. The second-order valence-electron chi connectivity index (χ2n) is 4.30. The van der Waals surface area contributed by atoms with E-state index >= 15 is 0 Å². The highest BCUT2D eigenvalue weighted by molar-refractivity contribution is 7.18. The van der Waals surface area contributed by atoms with Crippen LogP contribution in [0.2, 0.25) is 4.34 Å². The first kappa shape index (κ1) is 16.3. The summed E-state index contributed by atoms with van der Waals surface area (Å²) in [5.41, 5.74) is 6.33. The molecule has 2 heterocycles. The molecule has 0 radical (unpaired) electrons. The molecule has 114 valence electrons.